The summed E-state index contributed by atoms with van der Waals surface area (Å²) in [6, 6.07) is 5.57. The Kier molecular flexibility index (Phi) is 3.09. The van der Waals surface area contributed by atoms with Gasteiger partial charge >= 0.3 is 0 Å². The molecule has 2 rings (SSSR count). The van der Waals surface area contributed by atoms with Crippen molar-refractivity contribution in [2.75, 3.05) is 13.6 Å². The van der Waals surface area contributed by atoms with E-state index < -0.39 is 5.60 Å². The second-order valence-corrected chi connectivity index (χ2v) is 5.06. The maximum absolute atomic E-state index is 12.3. The Bertz CT molecular complexity index is 569. The van der Waals surface area contributed by atoms with Gasteiger partial charge in [-0.25, -0.2) is 4.52 Å². The monoisotopic (exact) mass is 247 g/mol. The minimum atomic E-state index is -0.909. The molecule has 2 aromatic rings. The number of likely N-dealkylation sites (N-methyl/N-ethyl adjacent to an activating group) is 1. The standard InChI is InChI=1S/C13H17N3O2/c1-13(2,18)9-15(3)12(17)10-8-14-16-7-5-4-6-11(10)16/h4-8,18H,9H2,1-3H3. The minimum absolute atomic E-state index is 0.140. The number of amides is 1. The highest BCUT2D eigenvalue weighted by Crippen LogP contribution is 2.13. The van der Waals surface area contributed by atoms with E-state index in [1.54, 1.807) is 37.8 Å². The Labute approximate surface area is 106 Å². The van der Waals surface area contributed by atoms with E-state index in [2.05, 4.69) is 5.10 Å². The maximum Gasteiger partial charge on any atom is 0.257 e. The predicted octanol–water partition coefficient (Wildman–Crippen LogP) is 1.18. The van der Waals surface area contributed by atoms with Crippen LogP contribution < -0.4 is 0 Å². The number of rotatable bonds is 3. The molecule has 0 aliphatic carbocycles. The maximum atomic E-state index is 12.3. The summed E-state index contributed by atoms with van der Waals surface area (Å²) in [5.41, 5.74) is 0.403. The summed E-state index contributed by atoms with van der Waals surface area (Å²) in [7, 11) is 1.67. The Morgan fingerprint density at radius 3 is 2.89 bits per heavy atom. The number of carbonyl (C=O) groups excluding carboxylic acids is 1. The molecule has 2 heterocycles. The fraction of sp³-hybridized carbons (Fsp3) is 0.385. The van der Waals surface area contributed by atoms with Crippen molar-refractivity contribution in [2.45, 2.75) is 19.4 Å². The number of carbonyl (C=O) groups is 1. The lowest BCUT2D eigenvalue weighted by atomic mass is 10.1. The van der Waals surface area contributed by atoms with Crippen LogP contribution in [0.2, 0.25) is 0 Å². The summed E-state index contributed by atoms with van der Waals surface area (Å²) in [6.07, 6.45) is 3.35. The molecule has 1 N–H and O–H groups in total. The van der Waals surface area contributed by atoms with Crippen LogP contribution in [-0.2, 0) is 0 Å². The lowest BCUT2D eigenvalue weighted by Gasteiger charge is -2.25. The summed E-state index contributed by atoms with van der Waals surface area (Å²) < 4.78 is 1.66. The number of aromatic nitrogens is 2. The van der Waals surface area contributed by atoms with Gasteiger partial charge in [0.2, 0.25) is 0 Å². The first-order chi connectivity index (χ1) is 8.38. The van der Waals surface area contributed by atoms with Crippen LogP contribution in [0.1, 0.15) is 24.2 Å². The molecule has 96 valence electrons. The molecular weight excluding hydrogens is 230 g/mol. The molecule has 18 heavy (non-hydrogen) atoms. The van der Waals surface area contributed by atoms with Crippen LogP contribution in [0.25, 0.3) is 5.52 Å². The van der Waals surface area contributed by atoms with Crippen LogP contribution in [0.4, 0.5) is 0 Å². The van der Waals surface area contributed by atoms with Crippen LogP contribution in [0, 0.1) is 0 Å². The molecule has 0 bridgehead atoms. The zero-order valence-electron chi connectivity index (χ0n) is 10.8. The molecule has 5 heteroatoms. The molecule has 0 saturated heterocycles. The van der Waals surface area contributed by atoms with Crippen molar-refractivity contribution in [3.63, 3.8) is 0 Å². The van der Waals surface area contributed by atoms with E-state index in [0.717, 1.165) is 5.52 Å². The van der Waals surface area contributed by atoms with E-state index in [1.807, 2.05) is 18.2 Å². The quantitative estimate of drug-likeness (QED) is 0.886. The third kappa shape index (κ3) is 2.51. The van der Waals surface area contributed by atoms with Gasteiger partial charge in [-0.05, 0) is 26.0 Å². The molecule has 0 atom stereocenters. The van der Waals surface area contributed by atoms with Gasteiger partial charge in [-0.2, -0.15) is 5.10 Å². The van der Waals surface area contributed by atoms with Crippen LogP contribution in [-0.4, -0.2) is 44.7 Å². The Morgan fingerprint density at radius 1 is 1.50 bits per heavy atom. The second-order valence-electron chi connectivity index (χ2n) is 5.06. The van der Waals surface area contributed by atoms with Crippen molar-refractivity contribution in [3.8, 4) is 0 Å². The molecular formula is C13H17N3O2. The fourth-order valence-electron chi connectivity index (χ4n) is 1.96. The van der Waals surface area contributed by atoms with Gasteiger partial charge in [-0.1, -0.05) is 6.07 Å². The minimum Gasteiger partial charge on any atom is -0.389 e. The van der Waals surface area contributed by atoms with Gasteiger partial charge in [0.15, 0.2) is 0 Å². The van der Waals surface area contributed by atoms with Gasteiger partial charge in [0, 0.05) is 19.8 Å². The van der Waals surface area contributed by atoms with Gasteiger partial charge in [0.1, 0.15) is 0 Å². The first-order valence-corrected chi connectivity index (χ1v) is 5.79. The van der Waals surface area contributed by atoms with Gasteiger partial charge in [0.05, 0.1) is 22.9 Å². The zero-order chi connectivity index (χ0) is 13.3. The van der Waals surface area contributed by atoms with Crippen LogP contribution >= 0.6 is 0 Å². The number of hydrogen-bond donors (Lipinski definition) is 1. The number of hydrogen-bond acceptors (Lipinski definition) is 3. The van der Waals surface area contributed by atoms with E-state index in [4.69, 9.17) is 0 Å². The third-order valence-electron chi connectivity index (χ3n) is 2.63. The van der Waals surface area contributed by atoms with Gasteiger partial charge < -0.3 is 10.0 Å². The van der Waals surface area contributed by atoms with Crippen LogP contribution in [0.5, 0.6) is 0 Å². The lowest BCUT2D eigenvalue weighted by Crippen LogP contribution is -2.39. The molecule has 5 nitrogen and oxygen atoms in total. The number of nitrogens with zero attached hydrogens (tertiary/aromatic N) is 3. The highest BCUT2D eigenvalue weighted by molar-refractivity contribution is 6.00. The lowest BCUT2D eigenvalue weighted by molar-refractivity contribution is 0.0369. The molecule has 1 amide bonds. The average molecular weight is 247 g/mol. The van der Waals surface area contributed by atoms with Crippen molar-refractivity contribution in [1.29, 1.82) is 0 Å². The van der Waals surface area contributed by atoms with Crippen molar-refractivity contribution in [2.24, 2.45) is 0 Å². The molecule has 2 aromatic heterocycles. The fourth-order valence-corrected chi connectivity index (χ4v) is 1.96. The van der Waals surface area contributed by atoms with Crippen molar-refractivity contribution in [3.05, 3.63) is 36.2 Å². The van der Waals surface area contributed by atoms with E-state index >= 15 is 0 Å². The molecule has 0 aromatic carbocycles. The van der Waals surface area contributed by atoms with Crippen molar-refractivity contribution in [1.82, 2.24) is 14.5 Å². The number of pyridine rings is 1. The van der Waals surface area contributed by atoms with E-state index in [1.165, 1.54) is 4.90 Å². The van der Waals surface area contributed by atoms with Gasteiger partial charge in [-0.15, -0.1) is 0 Å². The molecule has 0 fully saturated rings. The largest absolute Gasteiger partial charge is 0.389 e. The van der Waals surface area contributed by atoms with Crippen molar-refractivity contribution < 1.29 is 9.90 Å². The molecule has 0 saturated carbocycles. The Hall–Kier alpha value is -1.88. The predicted molar refractivity (Wildman–Crippen MR) is 68.5 cm³/mol. The normalized spacial score (nSPS) is 11.8. The average Bonchev–Trinajstić information content (AvgIpc) is 2.69. The highest BCUT2D eigenvalue weighted by atomic mass is 16.3. The summed E-state index contributed by atoms with van der Waals surface area (Å²) in [5.74, 6) is -0.140. The summed E-state index contributed by atoms with van der Waals surface area (Å²) in [5, 5.41) is 13.9. The highest BCUT2D eigenvalue weighted by Gasteiger charge is 2.22. The zero-order valence-corrected chi connectivity index (χ0v) is 10.8. The molecule has 0 radical (unpaired) electrons. The van der Waals surface area contributed by atoms with E-state index in [9.17, 15) is 9.90 Å². The van der Waals surface area contributed by atoms with Gasteiger partial charge in [-0.3, -0.25) is 4.79 Å². The van der Waals surface area contributed by atoms with E-state index in [-0.39, 0.29) is 12.5 Å². The Morgan fingerprint density at radius 2 is 2.22 bits per heavy atom. The van der Waals surface area contributed by atoms with E-state index in [0.29, 0.717) is 5.56 Å². The SMILES string of the molecule is CN(CC(C)(C)O)C(=O)c1cnn2ccccc12. The first kappa shape index (κ1) is 12.6. The Balaban J connectivity index is 2.29. The molecule has 0 aliphatic rings. The first-order valence-electron chi connectivity index (χ1n) is 5.79. The number of fused-ring (bicyclic) bond motifs is 1. The molecule has 0 spiro atoms. The summed E-state index contributed by atoms with van der Waals surface area (Å²) >= 11 is 0. The van der Waals surface area contributed by atoms with Gasteiger partial charge in [0.25, 0.3) is 5.91 Å². The third-order valence-corrected chi connectivity index (χ3v) is 2.63. The second kappa shape index (κ2) is 4.42. The molecule has 0 unspecified atom stereocenters. The van der Waals surface area contributed by atoms with Crippen LogP contribution in [0.3, 0.4) is 0 Å². The smallest absolute Gasteiger partial charge is 0.257 e. The van der Waals surface area contributed by atoms with Crippen LogP contribution in [0.15, 0.2) is 30.6 Å². The number of aliphatic hydroxyl groups is 1. The summed E-state index contributed by atoms with van der Waals surface area (Å²) in [4.78, 5) is 13.8. The topological polar surface area (TPSA) is 57.8 Å². The molecule has 0 aliphatic heterocycles. The summed E-state index contributed by atoms with van der Waals surface area (Å²) in [6.45, 7) is 3.62. The van der Waals surface area contributed by atoms with Crippen molar-refractivity contribution >= 4 is 11.4 Å².